The maximum absolute atomic E-state index is 13.0. The van der Waals surface area contributed by atoms with Gasteiger partial charge in [0.25, 0.3) is 10.0 Å². The van der Waals surface area contributed by atoms with Gasteiger partial charge in [-0.15, -0.1) is 11.3 Å². The van der Waals surface area contributed by atoms with Crippen molar-refractivity contribution in [2.75, 3.05) is 4.72 Å². The summed E-state index contributed by atoms with van der Waals surface area (Å²) in [5, 5.41) is 3.30. The number of benzene rings is 1. The molecule has 0 saturated heterocycles. The van der Waals surface area contributed by atoms with Crippen molar-refractivity contribution in [2.45, 2.75) is 18.7 Å². The Kier molecular flexibility index (Phi) is 5.40. The topological polar surface area (TPSA) is 76.9 Å². The molecule has 0 saturated carbocycles. The lowest BCUT2D eigenvalue weighted by Gasteiger charge is -2.07. The van der Waals surface area contributed by atoms with Crippen molar-refractivity contribution in [1.82, 2.24) is 14.5 Å². The van der Waals surface area contributed by atoms with Gasteiger partial charge in [0, 0.05) is 34.9 Å². The molecule has 4 rings (SSSR count). The van der Waals surface area contributed by atoms with Crippen LogP contribution in [0.2, 0.25) is 5.02 Å². The van der Waals surface area contributed by atoms with Crippen LogP contribution in [0.3, 0.4) is 0 Å². The second kappa shape index (κ2) is 7.86. The summed E-state index contributed by atoms with van der Waals surface area (Å²) in [6.07, 6.45) is 1.62. The largest absolute Gasteiger partial charge is 0.345 e. The lowest BCUT2D eigenvalue weighted by atomic mass is 10.2. The highest BCUT2D eigenvalue weighted by atomic mass is 35.5. The third kappa shape index (κ3) is 3.98. The van der Waals surface area contributed by atoms with Crippen molar-refractivity contribution in [3.63, 3.8) is 0 Å². The van der Waals surface area contributed by atoms with Gasteiger partial charge in [0.1, 0.15) is 15.7 Å². The smallest absolute Gasteiger partial charge is 0.264 e. The molecule has 0 aliphatic carbocycles. The number of rotatable bonds is 5. The zero-order valence-electron chi connectivity index (χ0n) is 16.5. The Labute approximate surface area is 184 Å². The second-order valence-corrected chi connectivity index (χ2v) is 9.86. The van der Waals surface area contributed by atoms with Gasteiger partial charge in [-0.2, -0.15) is 0 Å². The lowest BCUT2D eigenvalue weighted by molar-refractivity contribution is 0.600. The third-order valence-corrected chi connectivity index (χ3v) is 7.34. The maximum Gasteiger partial charge on any atom is 0.264 e. The van der Waals surface area contributed by atoms with E-state index in [4.69, 9.17) is 16.6 Å². The number of aryl methyl sites for hydroxylation is 1. The average molecular weight is 459 g/mol. The molecule has 1 aromatic carbocycles. The van der Waals surface area contributed by atoms with E-state index in [-0.39, 0.29) is 10.7 Å². The summed E-state index contributed by atoms with van der Waals surface area (Å²) >= 11 is 7.54. The van der Waals surface area contributed by atoms with Gasteiger partial charge in [0.05, 0.1) is 11.4 Å². The number of thiazole rings is 1. The number of nitrogens with one attached hydrogen (secondary N) is 1. The lowest BCUT2D eigenvalue weighted by Crippen LogP contribution is -2.14. The summed E-state index contributed by atoms with van der Waals surface area (Å²) < 4.78 is 30.3. The van der Waals surface area contributed by atoms with Crippen LogP contribution in [-0.2, 0) is 17.1 Å². The van der Waals surface area contributed by atoms with E-state index in [0.717, 1.165) is 27.5 Å². The Morgan fingerprint density at radius 2 is 1.93 bits per heavy atom. The quantitative estimate of drug-likeness (QED) is 0.441. The van der Waals surface area contributed by atoms with Crippen LogP contribution >= 0.6 is 22.9 Å². The molecule has 0 amide bonds. The Balaban J connectivity index is 1.69. The van der Waals surface area contributed by atoms with Crippen LogP contribution in [0.15, 0.2) is 58.9 Å². The Hall–Kier alpha value is -2.68. The summed E-state index contributed by atoms with van der Waals surface area (Å²) in [5.74, 6) is 0.280. The van der Waals surface area contributed by atoms with E-state index in [1.54, 1.807) is 31.3 Å². The predicted molar refractivity (Wildman–Crippen MR) is 121 cm³/mol. The second-order valence-electron chi connectivity index (χ2n) is 6.91. The summed E-state index contributed by atoms with van der Waals surface area (Å²) in [6.45, 7) is 3.66. The maximum atomic E-state index is 13.0. The molecule has 30 heavy (non-hydrogen) atoms. The van der Waals surface area contributed by atoms with Crippen LogP contribution in [0, 0.1) is 13.8 Å². The molecule has 154 valence electrons. The van der Waals surface area contributed by atoms with Crippen molar-refractivity contribution < 1.29 is 8.42 Å². The molecule has 0 radical (unpaired) electrons. The van der Waals surface area contributed by atoms with Crippen LogP contribution < -0.4 is 4.72 Å². The van der Waals surface area contributed by atoms with Gasteiger partial charge in [-0.3, -0.25) is 4.72 Å². The third-order valence-electron chi connectivity index (χ3n) is 4.77. The van der Waals surface area contributed by atoms with Gasteiger partial charge in [-0.05, 0) is 43.7 Å². The SMILES string of the molecule is Cc1ccc(NS(=O)(=O)c2cc(-c3nc(-c4cccc(Cl)c4)cs3)n(C)c2C)nc1. The summed E-state index contributed by atoms with van der Waals surface area (Å²) in [4.78, 5) is 9.02. The van der Waals surface area contributed by atoms with E-state index in [2.05, 4.69) is 9.71 Å². The monoisotopic (exact) mass is 458 g/mol. The molecular formula is C21H19ClN4O2S2. The predicted octanol–water partition coefficient (Wildman–Crippen LogP) is 5.28. The first-order valence-corrected chi connectivity index (χ1v) is 11.8. The minimum Gasteiger partial charge on any atom is -0.345 e. The number of hydrogen-bond donors (Lipinski definition) is 1. The van der Waals surface area contributed by atoms with Gasteiger partial charge in [0.15, 0.2) is 0 Å². The fourth-order valence-electron chi connectivity index (χ4n) is 3.04. The molecule has 9 heteroatoms. The molecule has 0 spiro atoms. The number of sulfonamides is 1. The average Bonchev–Trinajstić information content (AvgIpc) is 3.30. The molecule has 0 aliphatic heterocycles. The van der Waals surface area contributed by atoms with E-state index in [9.17, 15) is 8.42 Å². The number of anilines is 1. The first kappa shape index (κ1) is 20.6. The number of pyridine rings is 1. The van der Waals surface area contributed by atoms with Gasteiger partial charge in [-0.1, -0.05) is 29.8 Å². The molecule has 3 aromatic heterocycles. The van der Waals surface area contributed by atoms with Crippen LogP contribution in [0.4, 0.5) is 5.82 Å². The molecule has 0 unspecified atom stereocenters. The molecule has 0 bridgehead atoms. The molecule has 3 heterocycles. The molecule has 0 atom stereocenters. The van der Waals surface area contributed by atoms with Crippen molar-refractivity contribution in [2.24, 2.45) is 7.05 Å². The Morgan fingerprint density at radius 1 is 1.13 bits per heavy atom. The first-order chi connectivity index (χ1) is 14.2. The normalized spacial score (nSPS) is 11.6. The van der Waals surface area contributed by atoms with Crippen LogP contribution in [0.5, 0.6) is 0 Å². The van der Waals surface area contributed by atoms with Crippen LogP contribution in [0.25, 0.3) is 22.0 Å². The Morgan fingerprint density at radius 3 is 2.63 bits per heavy atom. The molecule has 1 N–H and O–H groups in total. The summed E-state index contributed by atoms with van der Waals surface area (Å²) in [7, 11) is -1.96. The molecular weight excluding hydrogens is 440 g/mol. The van der Waals surface area contributed by atoms with E-state index in [1.807, 2.05) is 48.2 Å². The number of halogens is 1. The van der Waals surface area contributed by atoms with Crippen molar-refractivity contribution in [1.29, 1.82) is 0 Å². The van der Waals surface area contributed by atoms with Gasteiger partial charge >= 0.3 is 0 Å². The van der Waals surface area contributed by atoms with E-state index < -0.39 is 10.0 Å². The first-order valence-electron chi connectivity index (χ1n) is 9.08. The highest BCUT2D eigenvalue weighted by molar-refractivity contribution is 7.92. The number of nitrogens with zero attached hydrogens (tertiary/aromatic N) is 3. The standard InChI is InChI=1S/C21H19ClN4O2S2/c1-13-7-8-20(23-11-13)25-30(27,28)19-10-18(26(3)14(19)2)21-24-17(12-29-21)15-5-4-6-16(22)9-15/h4-12H,1-3H3,(H,23,25). The molecule has 0 fully saturated rings. The van der Waals surface area contributed by atoms with Crippen LogP contribution in [0.1, 0.15) is 11.3 Å². The van der Waals surface area contributed by atoms with Crippen LogP contribution in [-0.4, -0.2) is 23.0 Å². The van der Waals surface area contributed by atoms with Crippen molar-refractivity contribution in [3.8, 4) is 22.0 Å². The minimum absolute atomic E-state index is 0.196. The van der Waals surface area contributed by atoms with Gasteiger partial charge in [0.2, 0.25) is 0 Å². The highest BCUT2D eigenvalue weighted by Gasteiger charge is 2.24. The summed E-state index contributed by atoms with van der Waals surface area (Å²) in [6, 6.07) is 12.6. The van der Waals surface area contributed by atoms with Crippen molar-refractivity contribution >= 4 is 38.8 Å². The van der Waals surface area contributed by atoms with Gasteiger partial charge in [-0.25, -0.2) is 18.4 Å². The number of hydrogen-bond acceptors (Lipinski definition) is 5. The van der Waals surface area contributed by atoms with E-state index in [0.29, 0.717) is 10.7 Å². The highest BCUT2D eigenvalue weighted by Crippen LogP contribution is 2.33. The zero-order valence-corrected chi connectivity index (χ0v) is 18.9. The summed E-state index contributed by atoms with van der Waals surface area (Å²) in [5.41, 5.74) is 4.00. The van der Waals surface area contributed by atoms with Gasteiger partial charge < -0.3 is 4.57 Å². The minimum atomic E-state index is -3.79. The fourth-order valence-corrected chi connectivity index (χ4v) is 5.41. The van der Waals surface area contributed by atoms with Crippen molar-refractivity contribution in [3.05, 3.63) is 70.3 Å². The number of aromatic nitrogens is 3. The zero-order chi connectivity index (χ0) is 21.5. The molecule has 4 aromatic rings. The Bertz CT molecular complexity index is 1330. The molecule has 6 nitrogen and oxygen atoms in total. The van der Waals surface area contributed by atoms with E-state index >= 15 is 0 Å². The van der Waals surface area contributed by atoms with E-state index in [1.165, 1.54) is 11.3 Å². The molecule has 0 aliphatic rings. The fraction of sp³-hybridized carbons (Fsp3) is 0.143.